The van der Waals surface area contributed by atoms with Crippen molar-refractivity contribution in [2.24, 2.45) is 0 Å². The summed E-state index contributed by atoms with van der Waals surface area (Å²) in [5.74, 6) is -0.667. The average Bonchev–Trinajstić information content (AvgIpc) is 3.21. The number of thioether (sulfide) groups is 1. The summed E-state index contributed by atoms with van der Waals surface area (Å²) in [6.45, 7) is 9.00. The van der Waals surface area contributed by atoms with Crippen LogP contribution < -0.4 is 5.32 Å². The van der Waals surface area contributed by atoms with E-state index >= 15 is 0 Å². The summed E-state index contributed by atoms with van der Waals surface area (Å²) in [6.07, 6.45) is 0. The quantitative estimate of drug-likeness (QED) is 0.648. The summed E-state index contributed by atoms with van der Waals surface area (Å²) in [5.41, 5.74) is 1.53. The van der Waals surface area contributed by atoms with E-state index in [9.17, 15) is 14.9 Å². The topological polar surface area (TPSA) is 82.4 Å². The predicted octanol–water partition coefficient (Wildman–Crippen LogP) is 3.61. The van der Waals surface area contributed by atoms with Gasteiger partial charge in [0.05, 0.1) is 40.5 Å². The number of ether oxygens (including phenoxy) is 1. The molecule has 0 fully saturated rings. The van der Waals surface area contributed by atoms with Crippen LogP contribution in [0.2, 0.25) is 0 Å². The highest BCUT2D eigenvalue weighted by Crippen LogP contribution is 2.42. The van der Waals surface area contributed by atoms with Crippen LogP contribution >= 0.6 is 23.1 Å². The van der Waals surface area contributed by atoms with Gasteiger partial charge in [0.2, 0.25) is 5.91 Å². The molecule has 0 aromatic carbocycles. The lowest BCUT2D eigenvalue weighted by atomic mass is 9.87. The molecule has 0 spiro atoms. The van der Waals surface area contributed by atoms with Gasteiger partial charge >= 0.3 is 5.97 Å². The van der Waals surface area contributed by atoms with Gasteiger partial charge in [-0.15, -0.1) is 11.3 Å². The summed E-state index contributed by atoms with van der Waals surface area (Å²) in [7, 11) is 0. The highest BCUT2D eigenvalue weighted by Gasteiger charge is 2.36. The summed E-state index contributed by atoms with van der Waals surface area (Å²) in [6, 6.07) is 6.06. The van der Waals surface area contributed by atoms with Crippen LogP contribution in [0.1, 0.15) is 38.5 Å². The molecule has 1 amide bonds. The van der Waals surface area contributed by atoms with E-state index in [-0.39, 0.29) is 18.3 Å². The number of allylic oxidation sites excluding steroid dienone is 2. The highest BCUT2D eigenvalue weighted by molar-refractivity contribution is 8.03. The monoisotopic (exact) mass is 419 g/mol. The zero-order valence-electron chi connectivity index (χ0n) is 16.6. The van der Waals surface area contributed by atoms with E-state index in [1.807, 2.05) is 31.4 Å². The molecule has 1 aliphatic rings. The molecule has 2 rings (SSSR count). The predicted molar refractivity (Wildman–Crippen MR) is 113 cm³/mol. The number of hydrogen-bond acceptors (Lipinski definition) is 7. The van der Waals surface area contributed by atoms with Crippen molar-refractivity contribution in [2.45, 2.75) is 33.6 Å². The van der Waals surface area contributed by atoms with Gasteiger partial charge in [0.25, 0.3) is 0 Å². The first-order valence-corrected chi connectivity index (χ1v) is 11.1. The molecule has 28 heavy (non-hydrogen) atoms. The molecule has 6 nitrogen and oxygen atoms in total. The Labute approximate surface area is 174 Å². The van der Waals surface area contributed by atoms with E-state index < -0.39 is 11.9 Å². The maximum atomic E-state index is 12.6. The standard InChI is InChI=1S/C20H25N3O3S2/c1-5-23(6-2)16(24)12-28-19-14(11-21)18(15-9-8-10-27-15)17(13(4)22-19)20(25)26-7-3/h8-10,18,22H,5-7,12H2,1-4H3. The lowest BCUT2D eigenvalue weighted by molar-refractivity contribution is -0.138. The van der Waals surface area contributed by atoms with Crippen LogP contribution in [-0.2, 0) is 14.3 Å². The van der Waals surface area contributed by atoms with Gasteiger partial charge in [-0.2, -0.15) is 5.26 Å². The zero-order chi connectivity index (χ0) is 20.7. The van der Waals surface area contributed by atoms with E-state index in [2.05, 4.69) is 11.4 Å². The number of dihydropyridines is 1. The van der Waals surface area contributed by atoms with Gasteiger partial charge in [-0.3, -0.25) is 4.79 Å². The number of esters is 1. The minimum atomic E-state index is -0.489. The maximum Gasteiger partial charge on any atom is 0.336 e. The van der Waals surface area contributed by atoms with Gasteiger partial charge in [0.15, 0.2) is 0 Å². The van der Waals surface area contributed by atoms with E-state index in [0.29, 0.717) is 35.0 Å². The molecule has 2 heterocycles. The van der Waals surface area contributed by atoms with Gasteiger partial charge in [0, 0.05) is 23.7 Å². The Morgan fingerprint density at radius 3 is 2.61 bits per heavy atom. The fourth-order valence-electron chi connectivity index (χ4n) is 3.05. The number of thiophene rings is 1. The molecule has 0 saturated carbocycles. The maximum absolute atomic E-state index is 12.6. The smallest absolute Gasteiger partial charge is 0.336 e. The van der Waals surface area contributed by atoms with Crippen LogP contribution in [-0.4, -0.2) is 42.2 Å². The van der Waals surface area contributed by atoms with Gasteiger partial charge in [-0.1, -0.05) is 17.8 Å². The Morgan fingerprint density at radius 2 is 2.07 bits per heavy atom. The molecule has 1 aromatic heterocycles. The second kappa shape index (κ2) is 10.3. The van der Waals surface area contributed by atoms with Crippen LogP contribution in [0.25, 0.3) is 0 Å². The first-order chi connectivity index (χ1) is 13.5. The molecule has 1 atom stereocenters. The summed E-state index contributed by atoms with van der Waals surface area (Å²) < 4.78 is 5.24. The van der Waals surface area contributed by atoms with E-state index in [1.54, 1.807) is 18.7 Å². The van der Waals surface area contributed by atoms with Crippen molar-refractivity contribution in [2.75, 3.05) is 25.4 Å². The number of carbonyl (C=O) groups is 2. The first-order valence-electron chi connectivity index (χ1n) is 9.21. The number of amides is 1. The lowest BCUT2D eigenvalue weighted by Gasteiger charge is -2.28. The van der Waals surface area contributed by atoms with Crippen LogP contribution in [0, 0.1) is 11.3 Å². The second-order valence-corrected chi connectivity index (χ2v) is 8.01. The van der Waals surface area contributed by atoms with Gasteiger partial charge in [0.1, 0.15) is 0 Å². The molecule has 150 valence electrons. The third-order valence-corrected chi connectivity index (χ3v) is 6.37. The number of nitrogens with one attached hydrogen (secondary N) is 1. The summed E-state index contributed by atoms with van der Waals surface area (Å²) in [5, 5.41) is 15.6. The molecule has 0 saturated heterocycles. The average molecular weight is 420 g/mol. The fourth-order valence-corrected chi connectivity index (χ4v) is 4.89. The Morgan fingerprint density at radius 1 is 1.36 bits per heavy atom. The molecule has 0 radical (unpaired) electrons. The molecule has 0 bridgehead atoms. The Balaban J connectivity index is 2.39. The van der Waals surface area contributed by atoms with Gasteiger partial charge < -0.3 is 15.0 Å². The molecule has 1 N–H and O–H groups in total. The lowest BCUT2D eigenvalue weighted by Crippen LogP contribution is -2.33. The van der Waals surface area contributed by atoms with Crippen molar-refractivity contribution in [3.8, 4) is 6.07 Å². The highest BCUT2D eigenvalue weighted by atomic mass is 32.2. The first kappa shape index (κ1) is 22.1. The Bertz CT molecular complexity index is 818. The largest absolute Gasteiger partial charge is 0.463 e. The minimum absolute atomic E-state index is 0.0204. The fraction of sp³-hybridized carbons (Fsp3) is 0.450. The van der Waals surface area contributed by atoms with E-state index in [4.69, 9.17) is 4.74 Å². The number of carbonyl (C=O) groups excluding carboxylic acids is 2. The number of hydrogen-bond donors (Lipinski definition) is 1. The van der Waals surface area contributed by atoms with Crippen LogP contribution in [0.5, 0.6) is 0 Å². The third-order valence-electron chi connectivity index (χ3n) is 4.43. The number of nitriles is 1. The molecular formula is C20H25N3O3S2. The summed E-state index contributed by atoms with van der Waals surface area (Å²) >= 11 is 2.79. The summed E-state index contributed by atoms with van der Waals surface area (Å²) in [4.78, 5) is 27.6. The van der Waals surface area contributed by atoms with Crippen molar-refractivity contribution in [1.82, 2.24) is 10.2 Å². The number of rotatable bonds is 8. The van der Waals surface area contributed by atoms with Crippen molar-refractivity contribution in [3.63, 3.8) is 0 Å². The van der Waals surface area contributed by atoms with Crippen molar-refractivity contribution in [1.29, 1.82) is 5.26 Å². The van der Waals surface area contributed by atoms with Gasteiger partial charge in [-0.05, 0) is 39.1 Å². The molecule has 0 aliphatic carbocycles. The second-order valence-electron chi connectivity index (χ2n) is 6.04. The van der Waals surface area contributed by atoms with Crippen molar-refractivity contribution < 1.29 is 14.3 Å². The van der Waals surface area contributed by atoms with Crippen LogP contribution in [0.3, 0.4) is 0 Å². The molecule has 1 unspecified atom stereocenters. The number of nitrogens with zero attached hydrogens (tertiary/aromatic N) is 2. The van der Waals surface area contributed by atoms with Crippen molar-refractivity contribution >= 4 is 35.0 Å². The van der Waals surface area contributed by atoms with Crippen LogP contribution in [0.4, 0.5) is 0 Å². The Kier molecular flexibility index (Phi) is 8.15. The van der Waals surface area contributed by atoms with E-state index in [1.165, 1.54) is 23.1 Å². The van der Waals surface area contributed by atoms with E-state index in [0.717, 1.165) is 4.88 Å². The zero-order valence-corrected chi connectivity index (χ0v) is 18.2. The molecular weight excluding hydrogens is 394 g/mol. The van der Waals surface area contributed by atoms with Crippen LogP contribution in [0.15, 0.2) is 39.4 Å². The molecule has 1 aliphatic heterocycles. The van der Waals surface area contributed by atoms with Crippen molar-refractivity contribution in [3.05, 3.63) is 44.3 Å². The normalized spacial score (nSPS) is 16.5. The molecule has 8 heteroatoms. The Hall–Kier alpha value is -2.24. The minimum Gasteiger partial charge on any atom is -0.463 e. The SMILES string of the molecule is CCOC(=O)C1=C(C)NC(SCC(=O)N(CC)CC)=C(C#N)C1c1cccs1. The molecule has 1 aromatic rings. The third kappa shape index (κ3) is 4.78. The van der Waals surface area contributed by atoms with Gasteiger partial charge in [-0.25, -0.2) is 4.79 Å².